The number of amides is 2. The number of carbonyl (C=O) groups is 2. The summed E-state index contributed by atoms with van der Waals surface area (Å²) in [5.74, 6) is -0.113. The molecule has 0 heterocycles. The molecule has 1 atom stereocenters. The fraction of sp³-hybridized carbons (Fsp3) is 0.429. The highest BCUT2D eigenvalue weighted by Crippen LogP contribution is 2.21. The smallest absolute Gasteiger partial charge is 0.337 e. The summed E-state index contributed by atoms with van der Waals surface area (Å²) in [6.45, 7) is 1.98. The van der Waals surface area contributed by atoms with Gasteiger partial charge in [-0.2, -0.15) is 11.8 Å². The highest BCUT2D eigenvalue weighted by molar-refractivity contribution is 7.98. The number of hydrogen-bond acceptors (Lipinski definition) is 3. The Morgan fingerprint density at radius 3 is 2.67 bits per heavy atom. The monoisotopic (exact) mass is 330 g/mol. The Morgan fingerprint density at radius 2 is 2.14 bits per heavy atom. The zero-order chi connectivity index (χ0) is 16.0. The summed E-state index contributed by atoms with van der Waals surface area (Å²) in [5, 5.41) is 11.7. The summed E-state index contributed by atoms with van der Waals surface area (Å²) in [7, 11) is 1.73. The van der Waals surface area contributed by atoms with Gasteiger partial charge in [0.15, 0.2) is 0 Å². The first-order valence-corrected chi connectivity index (χ1v) is 8.19. The van der Waals surface area contributed by atoms with E-state index in [0.717, 1.165) is 12.2 Å². The average Bonchev–Trinajstić information content (AvgIpc) is 2.43. The van der Waals surface area contributed by atoms with Crippen LogP contribution in [0.25, 0.3) is 0 Å². The molecule has 0 aliphatic carbocycles. The maximum absolute atomic E-state index is 12.1. The number of hydrogen-bond donors (Lipinski definition) is 2. The van der Waals surface area contributed by atoms with Crippen molar-refractivity contribution in [1.82, 2.24) is 4.90 Å². The molecule has 1 unspecified atom stereocenters. The van der Waals surface area contributed by atoms with E-state index in [-0.39, 0.29) is 22.7 Å². The van der Waals surface area contributed by atoms with Crippen LogP contribution in [0.5, 0.6) is 0 Å². The van der Waals surface area contributed by atoms with Crippen LogP contribution >= 0.6 is 23.4 Å². The van der Waals surface area contributed by atoms with Gasteiger partial charge >= 0.3 is 12.0 Å². The largest absolute Gasteiger partial charge is 0.478 e. The highest BCUT2D eigenvalue weighted by atomic mass is 35.5. The van der Waals surface area contributed by atoms with E-state index in [1.54, 1.807) is 23.7 Å². The van der Waals surface area contributed by atoms with Gasteiger partial charge in [-0.1, -0.05) is 11.6 Å². The van der Waals surface area contributed by atoms with Crippen LogP contribution in [0.1, 0.15) is 23.7 Å². The second-order valence-corrected chi connectivity index (χ2v) is 6.06. The SMILES string of the molecule is CSCCC(C)N(C)C(=O)Nc1ccc(C(=O)O)c(Cl)c1. The van der Waals surface area contributed by atoms with E-state index in [1.807, 2.05) is 13.2 Å². The van der Waals surface area contributed by atoms with Crippen molar-refractivity contribution in [2.75, 3.05) is 24.4 Å². The number of carboxylic acids is 1. The molecule has 7 heteroatoms. The number of carbonyl (C=O) groups excluding carboxylic acids is 1. The minimum atomic E-state index is -1.10. The fourth-order valence-electron chi connectivity index (χ4n) is 1.66. The van der Waals surface area contributed by atoms with E-state index in [4.69, 9.17) is 16.7 Å². The topological polar surface area (TPSA) is 69.6 Å². The number of benzene rings is 1. The van der Waals surface area contributed by atoms with Crippen molar-refractivity contribution in [3.05, 3.63) is 28.8 Å². The zero-order valence-corrected chi connectivity index (χ0v) is 13.8. The highest BCUT2D eigenvalue weighted by Gasteiger charge is 2.16. The minimum Gasteiger partial charge on any atom is -0.478 e. The van der Waals surface area contributed by atoms with E-state index in [1.165, 1.54) is 18.2 Å². The van der Waals surface area contributed by atoms with Gasteiger partial charge in [-0.3, -0.25) is 0 Å². The molecule has 0 saturated carbocycles. The molecule has 5 nitrogen and oxygen atoms in total. The van der Waals surface area contributed by atoms with E-state index in [0.29, 0.717) is 5.69 Å². The molecule has 0 spiro atoms. The van der Waals surface area contributed by atoms with Gasteiger partial charge in [-0.15, -0.1) is 0 Å². The van der Waals surface area contributed by atoms with Gasteiger partial charge in [-0.05, 0) is 43.6 Å². The molecule has 0 aromatic heterocycles. The number of urea groups is 1. The molecule has 0 aliphatic rings. The van der Waals surface area contributed by atoms with Crippen molar-refractivity contribution < 1.29 is 14.7 Å². The molecular weight excluding hydrogens is 312 g/mol. The van der Waals surface area contributed by atoms with Crippen molar-refractivity contribution >= 4 is 41.1 Å². The maximum Gasteiger partial charge on any atom is 0.337 e. The molecule has 1 aromatic rings. The molecule has 1 rings (SSSR count). The molecule has 0 bridgehead atoms. The number of aromatic carboxylic acids is 1. The molecule has 0 aliphatic heterocycles. The van der Waals surface area contributed by atoms with Crippen LogP contribution in [0.4, 0.5) is 10.5 Å². The third-order valence-corrected chi connectivity index (χ3v) is 4.13. The summed E-state index contributed by atoms with van der Waals surface area (Å²) in [6.07, 6.45) is 2.93. The predicted octanol–water partition coefficient (Wildman–Crippen LogP) is 3.64. The van der Waals surface area contributed by atoms with Crippen molar-refractivity contribution in [2.45, 2.75) is 19.4 Å². The van der Waals surface area contributed by atoms with Crippen LogP contribution in [-0.2, 0) is 0 Å². The number of thioether (sulfide) groups is 1. The molecule has 21 heavy (non-hydrogen) atoms. The van der Waals surface area contributed by atoms with Crippen LogP contribution < -0.4 is 5.32 Å². The third-order valence-electron chi connectivity index (χ3n) is 3.17. The maximum atomic E-state index is 12.1. The van der Waals surface area contributed by atoms with Crippen LogP contribution in [-0.4, -0.2) is 47.1 Å². The summed E-state index contributed by atoms with van der Waals surface area (Å²) in [6, 6.07) is 4.20. The third kappa shape index (κ3) is 5.13. The van der Waals surface area contributed by atoms with E-state index < -0.39 is 5.97 Å². The number of halogens is 1. The Hall–Kier alpha value is -1.40. The lowest BCUT2D eigenvalue weighted by Crippen LogP contribution is -2.38. The van der Waals surface area contributed by atoms with Crippen LogP contribution in [0.2, 0.25) is 5.02 Å². The summed E-state index contributed by atoms with van der Waals surface area (Å²) < 4.78 is 0. The average molecular weight is 331 g/mol. The lowest BCUT2D eigenvalue weighted by molar-refractivity contribution is 0.0697. The Morgan fingerprint density at radius 1 is 1.48 bits per heavy atom. The normalized spacial score (nSPS) is 11.8. The first-order valence-electron chi connectivity index (χ1n) is 6.42. The van der Waals surface area contributed by atoms with Gasteiger partial charge < -0.3 is 15.3 Å². The number of nitrogens with one attached hydrogen (secondary N) is 1. The first-order chi connectivity index (χ1) is 9.86. The van der Waals surface area contributed by atoms with Crippen molar-refractivity contribution in [2.24, 2.45) is 0 Å². The number of rotatable bonds is 6. The molecule has 0 saturated heterocycles. The lowest BCUT2D eigenvalue weighted by atomic mass is 10.2. The second-order valence-electron chi connectivity index (χ2n) is 4.67. The summed E-state index contributed by atoms with van der Waals surface area (Å²) in [5.41, 5.74) is 0.482. The van der Waals surface area contributed by atoms with E-state index in [9.17, 15) is 9.59 Å². The van der Waals surface area contributed by atoms with Gasteiger partial charge in [0.2, 0.25) is 0 Å². The van der Waals surface area contributed by atoms with Crippen molar-refractivity contribution in [3.63, 3.8) is 0 Å². The van der Waals surface area contributed by atoms with Gasteiger partial charge in [0.1, 0.15) is 0 Å². The van der Waals surface area contributed by atoms with Gasteiger partial charge in [0.05, 0.1) is 10.6 Å². The van der Waals surface area contributed by atoms with Gasteiger partial charge in [-0.25, -0.2) is 9.59 Å². The Labute approximate surface area is 133 Å². The zero-order valence-electron chi connectivity index (χ0n) is 12.2. The van der Waals surface area contributed by atoms with Crippen LogP contribution in [0, 0.1) is 0 Å². The predicted molar refractivity (Wildman–Crippen MR) is 87.7 cm³/mol. The summed E-state index contributed by atoms with van der Waals surface area (Å²) in [4.78, 5) is 24.6. The number of anilines is 1. The first kappa shape index (κ1) is 17.7. The molecule has 2 amide bonds. The Kier molecular flexibility index (Phi) is 6.84. The molecule has 2 N–H and O–H groups in total. The standard InChI is InChI=1S/C14H19ClN2O3S/c1-9(6-7-21-3)17(2)14(20)16-10-4-5-11(13(18)19)12(15)8-10/h4-5,8-9H,6-7H2,1-3H3,(H,16,20)(H,18,19). The Bertz CT molecular complexity index is 525. The fourth-order valence-corrected chi connectivity index (χ4v) is 2.50. The van der Waals surface area contributed by atoms with Crippen LogP contribution in [0.15, 0.2) is 18.2 Å². The number of carboxylic acid groups (broad SMARTS) is 1. The molecular formula is C14H19ClN2O3S. The van der Waals surface area contributed by atoms with E-state index >= 15 is 0 Å². The summed E-state index contributed by atoms with van der Waals surface area (Å²) >= 11 is 7.61. The van der Waals surface area contributed by atoms with Gasteiger partial charge in [0, 0.05) is 18.8 Å². The lowest BCUT2D eigenvalue weighted by Gasteiger charge is -2.25. The van der Waals surface area contributed by atoms with Crippen molar-refractivity contribution in [3.8, 4) is 0 Å². The van der Waals surface area contributed by atoms with Crippen molar-refractivity contribution in [1.29, 1.82) is 0 Å². The molecule has 0 radical (unpaired) electrons. The Balaban J connectivity index is 2.70. The molecule has 0 fully saturated rings. The molecule has 1 aromatic carbocycles. The molecule has 116 valence electrons. The van der Waals surface area contributed by atoms with Gasteiger partial charge in [0.25, 0.3) is 0 Å². The number of nitrogens with zero attached hydrogens (tertiary/aromatic N) is 1. The van der Waals surface area contributed by atoms with Crippen LogP contribution in [0.3, 0.4) is 0 Å². The minimum absolute atomic E-state index is 0.0105. The second kappa shape index (κ2) is 8.14. The van der Waals surface area contributed by atoms with E-state index in [2.05, 4.69) is 5.32 Å². The quantitative estimate of drug-likeness (QED) is 0.835.